The fourth-order valence-electron chi connectivity index (χ4n) is 16.1. The van der Waals surface area contributed by atoms with Gasteiger partial charge < -0.3 is 0 Å². The van der Waals surface area contributed by atoms with Crippen molar-refractivity contribution in [2.75, 3.05) is 0 Å². The van der Waals surface area contributed by atoms with Crippen molar-refractivity contribution < 1.29 is 26.2 Å². The maximum Gasteiger partial charge on any atom is 2.00 e. The van der Waals surface area contributed by atoms with E-state index in [1.807, 2.05) is 0 Å². The summed E-state index contributed by atoms with van der Waals surface area (Å²) in [7, 11) is 1.08. The van der Waals surface area contributed by atoms with E-state index in [1.165, 1.54) is 228 Å². The molecule has 0 nitrogen and oxygen atoms in total. The van der Waals surface area contributed by atoms with Gasteiger partial charge >= 0.3 is 26.2 Å². The van der Waals surface area contributed by atoms with Gasteiger partial charge in [0.15, 0.2) is 0 Å². The van der Waals surface area contributed by atoms with Gasteiger partial charge in [0, 0.05) is 9.52 Å². The first-order chi connectivity index (χ1) is 44.0. The number of fused-ring (bicyclic) bond motifs is 10. The molecule has 0 aromatic heterocycles. The van der Waals surface area contributed by atoms with Crippen LogP contribution in [0.15, 0.2) is 267 Å². The minimum atomic E-state index is 0. The smallest absolute Gasteiger partial charge is 0.164 e. The molecule has 0 unspecified atom stereocenters. The van der Waals surface area contributed by atoms with E-state index in [9.17, 15) is 0 Å². The molecule has 2 aliphatic rings. The Morgan fingerprint density at radius 3 is 0.733 bits per heavy atom. The Morgan fingerprint density at radius 2 is 0.489 bits per heavy atom. The van der Waals surface area contributed by atoms with Crippen LogP contribution < -0.4 is 0 Å². The van der Waals surface area contributed by atoms with Crippen molar-refractivity contribution in [3.63, 3.8) is 0 Å². The molecule has 0 bridgehead atoms. The van der Waals surface area contributed by atoms with Gasteiger partial charge in [0.25, 0.3) is 0 Å². The second kappa shape index (κ2) is 25.0. The van der Waals surface area contributed by atoms with Crippen LogP contribution in [-0.2, 0) is 39.0 Å². The Labute approximate surface area is 550 Å². The normalized spacial score (nSPS) is 13.7. The van der Waals surface area contributed by atoms with E-state index in [-0.39, 0.29) is 26.2 Å². The Morgan fingerprint density at radius 1 is 0.278 bits per heavy atom. The third-order valence-corrected chi connectivity index (χ3v) is 20.1. The van der Waals surface area contributed by atoms with E-state index < -0.39 is 0 Å². The summed E-state index contributed by atoms with van der Waals surface area (Å²) in [6.07, 6.45) is 13.3. The molecule has 2 saturated carbocycles. The molecule has 18 rings (SSSR count). The molecule has 2 radical (unpaired) electrons. The Kier molecular flexibility index (Phi) is 16.1. The molecule has 0 atom stereocenters. The van der Waals surface area contributed by atoms with Crippen LogP contribution >= 0.6 is 0 Å². The fourth-order valence-corrected chi connectivity index (χ4v) is 16.1. The van der Waals surface area contributed by atoms with Crippen molar-refractivity contribution >= 4 is 117 Å². The Hall–Kier alpha value is -8.52. The summed E-state index contributed by atoms with van der Waals surface area (Å²) in [6.45, 7) is 4.31. The molecular formula is C88H72SiZr. The van der Waals surface area contributed by atoms with Crippen LogP contribution in [0.4, 0.5) is 0 Å². The topological polar surface area (TPSA) is 0 Å². The molecule has 0 aliphatic heterocycles. The van der Waals surface area contributed by atoms with Crippen molar-refractivity contribution in [2.24, 2.45) is 11.8 Å². The molecule has 0 saturated heterocycles. The molecule has 0 heterocycles. The maximum atomic E-state index is 2.54. The molecule has 2 aliphatic carbocycles. The van der Waals surface area contributed by atoms with E-state index >= 15 is 0 Å². The van der Waals surface area contributed by atoms with E-state index in [2.05, 4.69) is 280 Å². The second-order valence-corrected chi connectivity index (χ2v) is 26.7. The van der Waals surface area contributed by atoms with Crippen LogP contribution in [-0.4, -0.2) is 9.52 Å². The van der Waals surface area contributed by atoms with Gasteiger partial charge in [-0.05, 0) is 157 Å². The van der Waals surface area contributed by atoms with Crippen LogP contribution in [0.3, 0.4) is 0 Å². The predicted molar refractivity (Wildman–Crippen MR) is 390 cm³/mol. The summed E-state index contributed by atoms with van der Waals surface area (Å²) in [4.78, 5) is 0. The molecule has 16 aromatic carbocycles. The zero-order chi connectivity index (χ0) is 59.4. The van der Waals surface area contributed by atoms with Crippen LogP contribution in [0.1, 0.15) is 62.5 Å². The van der Waals surface area contributed by atoms with Crippen LogP contribution in [0.25, 0.3) is 152 Å². The van der Waals surface area contributed by atoms with Gasteiger partial charge in [-0.3, -0.25) is 0 Å². The van der Waals surface area contributed by atoms with E-state index in [4.69, 9.17) is 0 Å². The van der Waals surface area contributed by atoms with Gasteiger partial charge in [-0.2, -0.15) is 12.1 Å². The zero-order valence-electron chi connectivity index (χ0n) is 51.6. The molecule has 2 heteroatoms. The van der Waals surface area contributed by atoms with Crippen LogP contribution in [0.2, 0.25) is 13.1 Å². The summed E-state index contributed by atoms with van der Waals surface area (Å²) >= 11 is 0. The van der Waals surface area contributed by atoms with E-state index in [1.54, 1.807) is 0 Å². The molecule has 0 N–H and O–H groups in total. The molecule has 90 heavy (non-hydrogen) atoms. The first-order valence-corrected chi connectivity index (χ1v) is 34.7. The quantitative estimate of drug-likeness (QED) is 0.0808. The molecule has 0 amide bonds. The third-order valence-electron chi connectivity index (χ3n) is 20.1. The Bertz CT molecular complexity index is 4490. The van der Waals surface area contributed by atoms with Gasteiger partial charge in [-0.25, -0.2) is 0 Å². The van der Waals surface area contributed by atoms with Crippen molar-refractivity contribution in [2.45, 2.75) is 77.3 Å². The van der Waals surface area contributed by atoms with E-state index in [0.717, 1.165) is 21.4 Å². The minimum Gasteiger partial charge on any atom is -0.164 e. The average Bonchev–Trinajstić information content (AvgIpc) is 1.25. The first kappa shape index (κ1) is 57.9. The summed E-state index contributed by atoms with van der Waals surface area (Å²) in [5.74, 6) is 1.61. The molecule has 16 aromatic rings. The summed E-state index contributed by atoms with van der Waals surface area (Å²) in [6, 6.07) is 100. The van der Waals surface area contributed by atoms with Crippen molar-refractivity contribution in [1.82, 2.24) is 0 Å². The summed E-state index contributed by atoms with van der Waals surface area (Å²) < 4.78 is 0. The average molecular weight is 1250 g/mol. The second-order valence-electron chi connectivity index (χ2n) is 25.7. The largest absolute Gasteiger partial charge is 2.00 e. The minimum absolute atomic E-state index is 0. The number of hydrogen-bond acceptors (Lipinski definition) is 0. The first-order valence-electron chi connectivity index (χ1n) is 32.7. The predicted octanol–water partition coefficient (Wildman–Crippen LogP) is 25.3. The van der Waals surface area contributed by atoms with E-state index in [0.29, 0.717) is 0 Å². The SMILES string of the molecule is C[Si]C.[Zr+2].c1ccc2c(-c3ccc(-c4c5ccccc5cc5ccccc45)c4[cH-]c(CC5CCCC5)cc34)c3ccccc3cc2c1.c1ccc2c(-c3ccc(-c4c5ccccc5cc5ccccc45)c4[cH-]c(CC5CCCC5)cc34)c3ccccc3cc2c1. The number of hydrogen-bond donors (Lipinski definition) is 0. The fraction of sp³-hybridized carbons (Fsp3) is 0.159. The molecule has 0 spiro atoms. The Balaban J connectivity index is 0.000000143. The molecule has 432 valence electrons. The number of rotatable bonds is 8. The molecule has 2 fully saturated rings. The third kappa shape index (κ3) is 10.5. The van der Waals surface area contributed by atoms with Crippen LogP contribution in [0, 0.1) is 11.8 Å². The van der Waals surface area contributed by atoms with Crippen molar-refractivity contribution in [3.05, 3.63) is 278 Å². The van der Waals surface area contributed by atoms with Gasteiger partial charge in [-0.1, -0.05) is 305 Å². The van der Waals surface area contributed by atoms with Crippen molar-refractivity contribution in [1.29, 1.82) is 0 Å². The van der Waals surface area contributed by atoms with Crippen LogP contribution in [0.5, 0.6) is 0 Å². The molecular weight excluding hydrogens is 1180 g/mol. The van der Waals surface area contributed by atoms with Gasteiger partial charge in [-0.15, -0.1) is 44.8 Å². The summed E-state index contributed by atoms with van der Waals surface area (Å²) in [5, 5.41) is 26.5. The monoisotopic (exact) mass is 1250 g/mol. The van der Waals surface area contributed by atoms with Gasteiger partial charge in [0.2, 0.25) is 0 Å². The summed E-state index contributed by atoms with van der Waals surface area (Å²) in [5.41, 5.74) is 13.8. The van der Waals surface area contributed by atoms with Gasteiger partial charge in [0.1, 0.15) is 0 Å². The standard InChI is InChI=1S/2C43H33.C2H6Si.Zr/c2*1-2-12-28(11-1)23-29-24-40-38(42-34-17-7-3-13-30(34)26-31-14-4-8-18-35(31)42)21-22-39(41(40)25-29)43-36-19-9-5-15-32(36)27-33-16-6-10-20-37(33)43;1-3-2;/h2*3-10,13-22,24-28H,1-2,11-12,23H2;1-2H3;/q2*-1;;+2. The van der Waals surface area contributed by atoms with Gasteiger partial charge in [0.05, 0.1) is 0 Å². The van der Waals surface area contributed by atoms with Crippen molar-refractivity contribution in [3.8, 4) is 44.5 Å². The number of benzene rings is 14. The zero-order valence-corrected chi connectivity index (χ0v) is 55.1. The maximum absolute atomic E-state index is 2.54.